The first-order valence-electron chi connectivity index (χ1n) is 5.07. The molecule has 0 saturated heterocycles. The standard InChI is InChI=1S/C11H17NO2S/c1-9(10-5-4-8-15-10)12-7-3-6-11(13)14-2/h4-5,8-9,12H,3,6-7H2,1-2H3. The number of carbonyl (C=O) groups is 1. The van der Waals surface area contributed by atoms with Gasteiger partial charge in [0.1, 0.15) is 0 Å². The fourth-order valence-electron chi connectivity index (χ4n) is 1.29. The van der Waals surface area contributed by atoms with Crippen LogP contribution in [0.2, 0.25) is 0 Å². The molecule has 1 heterocycles. The number of esters is 1. The SMILES string of the molecule is COC(=O)CCCNC(C)c1cccs1. The lowest BCUT2D eigenvalue weighted by Crippen LogP contribution is -2.19. The predicted octanol–water partition coefficient (Wildman–Crippen LogP) is 2.35. The number of hydrogen-bond donors (Lipinski definition) is 1. The number of carbonyl (C=O) groups excluding carboxylic acids is 1. The first kappa shape index (κ1) is 12.2. The van der Waals surface area contributed by atoms with Crippen LogP contribution in [0.25, 0.3) is 0 Å². The number of methoxy groups -OCH3 is 1. The highest BCUT2D eigenvalue weighted by Gasteiger charge is 2.05. The maximum Gasteiger partial charge on any atom is 0.305 e. The predicted molar refractivity (Wildman–Crippen MR) is 62.0 cm³/mol. The van der Waals surface area contributed by atoms with E-state index in [0.29, 0.717) is 12.5 Å². The normalized spacial score (nSPS) is 12.4. The van der Waals surface area contributed by atoms with Crippen LogP contribution in [0, 0.1) is 0 Å². The molecule has 1 aromatic heterocycles. The van der Waals surface area contributed by atoms with Gasteiger partial charge in [0.25, 0.3) is 0 Å². The molecule has 0 aliphatic heterocycles. The Labute approximate surface area is 94.5 Å². The molecule has 0 aliphatic carbocycles. The van der Waals surface area contributed by atoms with Crippen molar-refractivity contribution in [2.75, 3.05) is 13.7 Å². The maximum absolute atomic E-state index is 10.8. The summed E-state index contributed by atoms with van der Waals surface area (Å²) in [7, 11) is 1.42. The highest BCUT2D eigenvalue weighted by Crippen LogP contribution is 2.17. The van der Waals surface area contributed by atoms with E-state index in [1.165, 1.54) is 12.0 Å². The average Bonchev–Trinajstić information content (AvgIpc) is 2.77. The molecule has 15 heavy (non-hydrogen) atoms. The fraction of sp³-hybridized carbons (Fsp3) is 0.545. The van der Waals surface area contributed by atoms with Crippen molar-refractivity contribution in [1.82, 2.24) is 5.32 Å². The van der Waals surface area contributed by atoms with E-state index < -0.39 is 0 Å². The fourth-order valence-corrected chi connectivity index (χ4v) is 2.05. The molecule has 1 unspecified atom stereocenters. The topological polar surface area (TPSA) is 38.3 Å². The second-order valence-corrected chi connectivity index (χ2v) is 4.35. The third-order valence-corrected chi connectivity index (χ3v) is 3.26. The largest absolute Gasteiger partial charge is 0.469 e. The van der Waals surface area contributed by atoms with Crippen LogP contribution in [0.4, 0.5) is 0 Å². The van der Waals surface area contributed by atoms with Gasteiger partial charge in [-0.05, 0) is 31.3 Å². The zero-order chi connectivity index (χ0) is 11.1. The van der Waals surface area contributed by atoms with Crippen LogP contribution in [0.15, 0.2) is 17.5 Å². The van der Waals surface area contributed by atoms with Crippen molar-refractivity contribution < 1.29 is 9.53 Å². The van der Waals surface area contributed by atoms with E-state index in [1.54, 1.807) is 11.3 Å². The van der Waals surface area contributed by atoms with E-state index in [0.717, 1.165) is 13.0 Å². The smallest absolute Gasteiger partial charge is 0.305 e. The van der Waals surface area contributed by atoms with E-state index >= 15 is 0 Å². The van der Waals surface area contributed by atoms with E-state index in [9.17, 15) is 4.79 Å². The van der Waals surface area contributed by atoms with Gasteiger partial charge in [-0.2, -0.15) is 0 Å². The number of rotatable bonds is 6. The first-order chi connectivity index (χ1) is 7.24. The molecule has 4 heteroatoms. The van der Waals surface area contributed by atoms with Crippen LogP contribution in [-0.2, 0) is 9.53 Å². The Morgan fingerprint density at radius 2 is 2.47 bits per heavy atom. The Balaban J connectivity index is 2.13. The molecule has 1 N–H and O–H groups in total. The molecule has 1 atom stereocenters. The molecule has 3 nitrogen and oxygen atoms in total. The van der Waals surface area contributed by atoms with Crippen LogP contribution in [0.5, 0.6) is 0 Å². The Bertz CT molecular complexity index is 285. The highest BCUT2D eigenvalue weighted by molar-refractivity contribution is 7.10. The lowest BCUT2D eigenvalue weighted by Gasteiger charge is -2.11. The van der Waals surface area contributed by atoms with Crippen LogP contribution in [0.1, 0.15) is 30.7 Å². The zero-order valence-electron chi connectivity index (χ0n) is 9.16. The van der Waals surface area contributed by atoms with Gasteiger partial charge in [0.15, 0.2) is 0 Å². The van der Waals surface area contributed by atoms with E-state index in [2.05, 4.69) is 28.4 Å². The van der Waals surface area contributed by atoms with Gasteiger partial charge < -0.3 is 10.1 Å². The Hall–Kier alpha value is -0.870. The van der Waals surface area contributed by atoms with Gasteiger partial charge in [-0.1, -0.05) is 6.07 Å². The monoisotopic (exact) mass is 227 g/mol. The van der Waals surface area contributed by atoms with Gasteiger partial charge in [0, 0.05) is 17.3 Å². The number of hydrogen-bond acceptors (Lipinski definition) is 4. The molecule has 0 bridgehead atoms. The summed E-state index contributed by atoms with van der Waals surface area (Å²) >= 11 is 1.75. The summed E-state index contributed by atoms with van der Waals surface area (Å²) in [4.78, 5) is 12.2. The Morgan fingerprint density at radius 3 is 3.07 bits per heavy atom. The molecule has 0 aliphatic rings. The summed E-state index contributed by atoms with van der Waals surface area (Å²) in [6.45, 7) is 2.97. The molecule has 0 amide bonds. The molecule has 1 aromatic rings. The summed E-state index contributed by atoms with van der Waals surface area (Å²) in [6, 6.07) is 4.53. The minimum Gasteiger partial charge on any atom is -0.469 e. The molecule has 0 radical (unpaired) electrons. The average molecular weight is 227 g/mol. The highest BCUT2D eigenvalue weighted by atomic mass is 32.1. The van der Waals surface area contributed by atoms with Gasteiger partial charge in [-0.15, -0.1) is 11.3 Å². The Morgan fingerprint density at radius 1 is 1.67 bits per heavy atom. The maximum atomic E-state index is 10.8. The molecular formula is C11H17NO2S. The molecular weight excluding hydrogens is 210 g/mol. The van der Waals surface area contributed by atoms with E-state index in [-0.39, 0.29) is 5.97 Å². The van der Waals surface area contributed by atoms with Crippen molar-refractivity contribution in [2.24, 2.45) is 0 Å². The minimum atomic E-state index is -0.138. The molecule has 84 valence electrons. The van der Waals surface area contributed by atoms with Crippen molar-refractivity contribution in [3.63, 3.8) is 0 Å². The number of thiophene rings is 1. The lowest BCUT2D eigenvalue weighted by molar-refractivity contribution is -0.140. The molecule has 1 rings (SSSR count). The third-order valence-electron chi connectivity index (χ3n) is 2.21. The summed E-state index contributed by atoms with van der Waals surface area (Å²) < 4.78 is 4.56. The van der Waals surface area contributed by atoms with Gasteiger partial charge >= 0.3 is 5.97 Å². The lowest BCUT2D eigenvalue weighted by atomic mass is 10.2. The summed E-state index contributed by atoms with van der Waals surface area (Å²) in [5.74, 6) is -0.138. The quantitative estimate of drug-likeness (QED) is 0.599. The van der Waals surface area contributed by atoms with E-state index in [1.807, 2.05) is 6.07 Å². The number of ether oxygens (including phenoxy) is 1. The van der Waals surface area contributed by atoms with Crippen LogP contribution >= 0.6 is 11.3 Å². The van der Waals surface area contributed by atoms with Crippen molar-refractivity contribution >= 4 is 17.3 Å². The van der Waals surface area contributed by atoms with Gasteiger partial charge in [0.05, 0.1) is 7.11 Å². The second-order valence-electron chi connectivity index (χ2n) is 3.37. The van der Waals surface area contributed by atoms with Gasteiger partial charge in [0.2, 0.25) is 0 Å². The van der Waals surface area contributed by atoms with Crippen LogP contribution in [0.3, 0.4) is 0 Å². The summed E-state index contributed by atoms with van der Waals surface area (Å²) in [5.41, 5.74) is 0. The van der Waals surface area contributed by atoms with Crippen LogP contribution in [-0.4, -0.2) is 19.6 Å². The summed E-state index contributed by atoms with van der Waals surface area (Å²) in [6.07, 6.45) is 1.31. The zero-order valence-corrected chi connectivity index (χ0v) is 9.97. The Kier molecular flexibility index (Phi) is 5.36. The molecule has 0 fully saturated rings. The second kappa shape index (κ2) is 6.58. The van der Waals surface area contributed by atoms with E-state index in [4.69, 9.17) is 0 Å². The first-order valence-corrected chi connectivity index (χ1v) is 5.95. The van der Waals surface area contributed by atoms with Crippen LogP contribution < -0.4 is 5.32 Å². The number of nitrogens with one attached hydrogen (secondary N) is 1. The minimum absolute atomic E-state index is 0.138. The molecule has 0 spiro atoms. The molecule has 0 aromatic carbocycles. The molecule has 0 saturated carbocycles. The van der Waals surface area contributed by atoms with Crippen molar-refractivity contribution in [2.45, 2.75) is 25.8 Å². The van der Waals surface area contributed by atoms with Gasteiger partial charge in [-0.3, -0.25) is 4.79 Å². The third kappa shape index (κ3) is 4.44. The van der Waals surface area contributed by atoms with Gasteiger partial charge in [-0.25, -0.2) is 0 Å². The summed E-state index contributed by atoms with van der Waals surface area (Å²) in [5, 5.41) is 5.44. The van der Waals surface area contributed by atoms with Crippen molar-refractivity contribution in [1.29, 1.82) is 0 Å². The van der Waals surface area contributed by atoms with Crippen molar-refractivity contribution in [3.05, 3.63) is 22.4 Å². The van der Waals surface area contributed by atoms with Crippen molar-refractivity contribution in [3.8, 4) is 0 Å².